The summed E-state index contributed by atoms with van der Waals surface area (Å²) >= 11 is 0. The molecule has 1 aromatic heterocycles. The van der Waals surface area contributed by atoms with E-state index in [-0.39, 0.29) is 6.54 Å². The van der Waals surface area contributed by atoms with Gasteiger partial charge in [0.15, 0.2) is 11.5 Å². The number of aromatic nitrogens is 2. The van der Waals surface area contributed by atoms with E-state index in [2.05, 4.69) is 17.1 Å². The van der Waals surface area contributed by atoms with Crippen LogP contribution in [-0.4, -0.2) is 23.4 Å². The molecule has 0 fully saturated rings. The highest BCUT2D eigenvalue weighted by Gasteiger charge is 2.21. The summed E-state index contributed by atoms with van der Waals surface area (Å²) in [6, 6.07) is 3.80. The van der Waals surface area contributed by atoms with E-state index in [1.807, 2.05) is 12.1 Å². The molecule has 6 heteroatoms. The first-order chi connectivity index (χ1) is 9.33. The first kappa shape index (κ1) is 12.0. The van der Waals surface area contributed by atoms with Crippen molar-refractivity contribution >= 4 is 0 Å². The molecule has 0 saturated heterocycles. The Morgan fingerprint density at radius 1 is 1.26 bits per heavy atom. The molecule has 0 aliphatic carbocycles. The van der Waals surface area contributed by atoms with Gasteiger partial charge in [-0.25, -0.2) is 0 Å². The molecule has 0 spiro atoms. The Morgan fingerprint density at radius 2 is 2.11 bits per heavy atom. The molecule has 1 aliphatic heterocycles. The molecule has 1 aliphatic rings. The minimum atomic E-state index is 0.235. The molecule has 0 atom stereocenters. The molecule has 0 bridgehead atoms. The molecule has 100 valence electrons. The number of fused-ring (bicyclic) bond motifs is 1. The molecular weight excluding hydrogens is 246 g/mol. The van der Waals surface area contributed by atoms with Gasteiger partial charge in [-0.15, -0.1) is 0 Å². The quantitative estimate of drug-likeness (QED) is 0.902. The van der Waals surface area contributed by atoms with E-state index in [1.165, 1.54) is 0 Å². The monoisotopic (exact) mass is 261 g/mol. The average Bonchev–Trinajstić information content (AvgIpc) is 2.94. The SMILES string of the molecule is CCc1c(-c2noc(CN)n2)ccc2c1OCCO2. The zero-order valence-corrected chi connectivity index (χ0v) is 10.7. The molecule has 3 rings (SSSR count). The lowest BCUT2D eigenvalue weighted by Crippen LogP contribution is -2.16. The minimum absolute atomic E-state index is 0.235. The molecule has 1 aromatic carbocycles. The van der Waals surface area contributed by atoms with Crippen LogP contribution < -0.4 is 15.2 Å². The van der Waals surface area contributed by atoms with Crippen molar-refractivity contribution in [2.24, 2.45) is 5.73 Å². The smallest absolute Gasteiger partial charge is 0.240 e. The highest BCUT2D eigenvalue weighted by atomic mass is 16.6. The lowest BCUT2D eigenvalue weighted by Gasteiger charge is -2.21. The maximum atomic E-state index is 5.70. The van der Waals surface area contributed by atoms with Crippen molar-refractivity contribution in [1.29, 1.82) is 0 Å². The Bertz CT molecular complexity index is 595. The van der Waals surface area contributed by atoms with Crippen molar-refractivity contribution in [3.05, 3.63) is 23.6 Å². The van der Waals surface area contributed by atoms with Crippen LogP contribution in [0.4, 0.5) is 0 Å². The summed E-state index contributed by atoms with van der Waals surface area (Å²) in [5.74, 6) is 2.51. The fourth-order valence-electron chi connectivity index (χ4n) is 2.18. The van der Waals surface area contributed by atoms with E-state index in [0.717, 1.165) is 29.0 Å². The highest BCUT2D eigenvalue weighted by molar-refractivity contribution is 5.67. The topological polar surface area (TPSA) is 83.4 Å². The van der Waals surface area contributed by atoms with E-state index in [0.29, 0.717) is 24.9 Å². The Balaban J connectivity index is 2.10. The van der Waals surface area contributed by atoms with Crippen molar-refractivity contribution in [3.8, 4) is 22.9 Å². The second kappa shape index (κ2) is 4.89. The Kier molecular flexibility index (Phi) is 3.08. The van der Waals surface area contributed by atoms with E-state index in [9.17, 15) is 0 Å². The summed E-state index contributed by atoms with van der Waals surface area (Å²) in [7, 11) is 0. The van der Waals surface area contributed by atoms with E-state index in [4.69, 9.17) is 19.7 Å². The van der Waals surface area contributed by atoms with Crippen LogP contribution in [0.1, 0.15) is 18.4 Å². The number of hydrogen-bond acceptors (Lipinski definition) is 6. The van der Waals surface area contributed by atoms with Crippen LogP contribution >= 0.6 is 0 Å². The number of nitrogens with zero attached hydrogens (tertiary/aromatic N) is 2. The van der Waals surface area contributed by atoms with Gasteiger partial charge in [-0.3, -0.25) is 0 Å². The Labute approximate surface area is 110 Å². The molecule has 0 saturated carbocycles. The van der Waals surface area contributed by atoms with E-state index < -0.39 is 0 Å². The van der Waals surface area contributed by atoms with Gasteiger partial charge in [-0.2, -0.15) is 4.98 Å². The molecule has 2 aromatic rings. The molecule has 0 unspecified atom stereocenters. The summed E-state index contributed by atoms with van der Waals surface area (Å²) < 4.78 is 16.3. The van der Waals surface area contributed by atoms with Crippen molar-refractivity contribution in [2.75, 3.05) is 13.2 Å². The molecule has 6 nitrogen and oxygen atoms in total. The van der Waals surface area contributed by atoms with Crippen LogP contribution in [0.25, 0.3) is 11.4 Å². The molecule has 0 radical (unpaired) electrons. The zero-order valence-electron chi connectivity index (χ0n) is 10.7. The van der Waals surface area contributed by atoms with Gasteiger partial charge in [0, 0.05) is 11.1 Å². The van der Waals surface area contributed by atoms with Crippen molar-refractivity contribution in [2.45, 2.75) is 19.9 Å². The first-order valence-corrected chi connectivity index (χ1v) is 6.28. The predicted octanol–water partition coefficient (Wildman–Crippen LogP) is 1.53. The average molecular weight is 261 g/mol. The van der Waals surface area contributed by atoms with Crippen molar-refractivity contribution < 1.29 is 14.0 Å². The minimum Gasteiger partial charge on any atom is -0.486 e. The highest BCUT2D eigenvalue weighted by Crippen LogP contribution is 2.39. The Hall–Kier alpha value is -2.08. The van der Waals surface area contributed by atoms with Gasteiger partial charge in [0.1, 0.15) is 13.2 Å². The van der Waals surface area contributed by atoms with Gasteiger partial charge in [-0.1, -0.05) is 12.1 Å². The van der Waals surface area contributed by atoms with Crippen LogP contribution in [0.3, 0.4) is 0 Å². The van der Waals surface area contributed by atoms with Gasteiger partial charge in [0.05, 0.1) is 6.54 Å². The van der Waals surface area contributed by atoms with Crippen LogP contribution in [0.5, 0.6) is 11.5 Å². The van der Waals surface area contributed by atoms with E-state index in [1.54, 1.807) is 0 Å². The number of ether oxygens (including phenoxy) is 2. The lowest BCUT2D eigenvalue weighted by molar-refractivity contribution is 0.170. The number of hydrogen-bond donors (Lipinski definition) is 1. The Morgan fingerprint density at radius 3 is 2.84 bits per heavy atom. The molecule has 2 N–H and O–H groups in total. The summed E-state index contributed by atoms with van der Waals surface area (Å²) in [6.45, 7) is 3.43. The molecular formula is C13H15N3O3. The number of rotatable bonds is 3. The summed E-state index contributed by atoms with van der Waals surface area (Å²) in [5.41, 5.74) is 7.41. The fraction of sp³-hybridized carbons (Fsp3) is 0.385. The van der Waals surface area contributed by atoms with Gasteiger partial charge in [0.2, 0.25) is 11.7 Å². The maximum Gasteiger partial charge on any atom is 0.240 e. The van der Waals surface area contributed by atoms with Crippen molar-refractivity contribution in [3.63, 3.8) is 0 Å². The normalized spacial score (nSPS) is 13.6. The second-order valence-electron chi connectivity index (χ2n) is 4.19. The zero-order chi connectivity index (χ0) is 13.2. The second-order valence-corrected chi connectivity index (χ2v) is 4.19. The van der Waals surface area contributed by atoms with Crippen LogP contribution in [0.2, 0.25) is 0 Å². The van der Waals surface area contributed by atoms with Crippen LogP contribution in [0, 0.1) is 0 Å². The largest absolute Gasteiger partial charge is 0.486 e. The van der Waals surface area contributed by atoms with Gasteiger partial charge < -0.3 is 19.7 Å². The van der Waals surface area contributed by atoms with Crippen molar-refractivity contribution in [1.82, 2.24) is 10.1 Å². The fourth-order valence-corrected chi connectivity index (χ4v) is 2.18. The summed E-state index contributed by atoms with van der Waals surface area (Å²) in [4.78, 5) is 4.26. The third-order valence-corrected chi connectivity index (χ3v) is 3.05. The summed E-state index contributed by atoms with van der Waals surface area (Å²) in [6.07, 6.45) is 0.800. The van der Waals surface area contributed by atoms with Gasteiger partial charge in [-0.05, 0) is 18.6 Å². The lowest BCUT2D eigenvalue weighted by atomic mass is 10.0. The van der Waals surface area contributed by atoms with Gasteiger partial charge in [0.25, 0.3) is 0 Å². The molecule has 2 heterocycles. The maximum absolute atomic E-state index is 5.70. The molecule has 19 heavy (non-hydrogen) atoms. The van der Waals surface area contributed by atoms with E-state index >= 15 is 0 Å². The standard InChI is InChI=1S/C13H15N3O3/c1-2-8-9(13-15-11(7-14)19-16-13)3-4-10-12(8)18-6-5-17-10/h3-4H,2,5-7,14H2,1H3. The molecule has 0 amide bonds. The third kappa shape index (κ3) is 2.04. The van der Waals surface area contributed by atoms with Gasteiger partial charge >= 0.3 is 0 Å². The first-order valence-electron chi connectivity index (χ1n) is 6.28. The van der Waals surface area contributed by atoms with Crippen LogP contribution in [0.15, 0.2) is 16.7 Å². The van der Waals surface area contributed by atoms with Crippen LogP contribution in [-0.2, 0) is 13.0 Å². The third-order valence-electron chi connectivity index (χ3n) is 3.05. The predicted molar refractivity (Wildman–Crippen MR) is 68.0 cm³/mol. The number of nitrogens with two attached hydrogens (primary N) is 1. The summed E-state index contributed by atoms with van der Waals surface area (Å²) in [5, 5.41) is 3.95. The number of benzene rings is 1.